The van der Waals surface area contributed by atoms with Crippen molar-refractivity contribution in [1.29, 1.82) is 0 Å². The second kappa shape index (κ2) is 7.01. The van der Waals surface area contributed by atoms with Crippen molar-refractivity contribution in [3.8, 4) is 0 Å². The van der Waals surface area contributed by atoms with Crippen molar-refractivity contribution >= 4 is 0 Å². The van der Waals surface area contributed by atoms with Gasteiger partial charge in [-0.3, -0.25) is 4.98 Å². The number of nitrogens with zero attached hydrogens (tertiary/aromatic N) is 2. The van der Waals surface area contributed by atoms with Gasteiger partial charge in [0.05, 0.1) is 0 Å². The molecule has 1 aromatic heterocycles. The first-order valence-electron chi connectivity index (χ1n) is 7.46. The van der Waals surface area contributed by atoms with Crippen LogP contribution in [-0.2, 0) is 6.42 Å². The normalized spacial score (nSPS) is 18.1. The summed E-state index contributed by atoms with van der Waals surface area (Å²) in [6.07, 6.45) is 10.5. The van der Waals surface area contributed by atoms with Crippen molar-refractivity contribution in [2.75, 3.05) is 33.7 Å². The average Bonchev–Trinajstić information content (AvgIpc) is 2.86. The van der Waals surface area contributed by atoms with E-state index in [1.165, 1.54) is 37.8 Å². The molecule has 1 aliphatic rings. The van der Waals surface area contributed by atoms with Crippen LogP contribution in [-0.4, -0.2) is 43.6 Å². The first kappa shape index (κ1) is 14.5. The molecule has 3 heteroatoms. The predicted molar refractivity (Wildman–Crippen MR) is 80.3 cm³/mol. The zero-order valence-corrected chi connectivity index (χ0v) is 12.4. The highest BCUT2D eigenvalue weighted by atomic mass is 15.1. The Balaban J connectivity index is 1.81. The van der Waals surface area contributed by atoms with Gasteiger partial charge in [-0.2, -0.15) is 0 Å². The molecule has 1 saturated carbocycles. The van der Waals surface area contributed by atoms with Gasteiger partial charge in [0.1, 0.15) is 0 Å². The minimum atomic E-state index is 0.516. The summed E-state index contributed by atoms with van der Waals surface area (Å²) in [5.41, 5.74) is 1.90. The minimum absolute atomic E-state index is 0.516. The number of pyridine rings is 1. The highest BCUT2D eigenvalue weighted by Crippen LogP contribution is 2.38. The molecule has 1 heterocycles. The van der Waals surface area contributed by atoms with Crippen molar-refractivity contribution < 1.29 is 0 Å². The van der Waals surface area contributed by atoms with Gasteiger partial charge in [-0.05, 0) is 56.5 Å². The standard InChI is InChI=1S/C16H27N3/c1-17-13-16(8-3-4-9-16)14-19(2)12-7-15-5-10-18-11-6-15/h5-6,10-11,17H,3-4,7-9,12-14H2,1-2H3. The molecule has 19 heavy (non-hydrogen) atoms. The molecule has 0 saturated heterocycles. The van der Waals surface area contributed by atoms with Crippen LogP contribution in [0.25, 0.3) is 0 Å². The second-order valence-electron chi connectivity index (χ2n) is 6.08. The number of rotatable bonds is 7. The average molecular weight is 261 g/mol. The fourth-order valence-electron chi connectivity index (χ4n) is 3.41. The van der Waals surface area contributed by atoms with E-state index in [-0.39, 0.29) is 0 Å². The number of likely N-dealkylation sites (N-methyl/N-ethyl adjacent to an activating group) is 1. The van der Waals surface area contributed by atoms with Crippen molar-refractivity contribution in [2.45, 2.75) is 32.1 Å². The van der Waals surface area contributed by atoms with Crippen LogP contribution in [0.3, 0.4) is 0 Å². The van der Waals surface area contributed by atoms with Gasteiger partial charge in [-0.1, -0.05) is 12.8 Å². The zero-order valence-electron chi connectivity index (χ0n) is 12.4. The number of aromatic nitrogens is 1. The van der Waals surface area contributed by atoms with Gasteiger partial charge in [0.2, 0.25) is 0 Å². The van der Waals surface area contributed by atoms with Crippen molar-refractivity contribution in [3.05, 3.63) is 30.1 Å². The van der Waals surface area contributed by atoms with E-state index in [1.807, 2.05) is 12.4 Å². The fourth-order valence-corrected chi connectivity index (χ4v) is 3.41. The highest BCUT2D eigenvalue weighted by Gasteiger charge is 2.33. The van der Waals surface area contributed by atoms with E-state index in [0.29, 0.717) is 5.41 Å². The third-order valence-electron chi connectivity index (χ3n) is 4.35. The summed E-state index contributed by atoms with van der Waals surface area (Å²) < 4.78 is 0. The molecule has 1 fully saturated rings. The summed E-state index contributed by atoms with van der Waals surface area (Å²) in [5.74, 6) is 0. The second-order valence-corrected chi connectivity index (χ2v) is 6.08. The molecule has 0 amide bonds. The van der Waals surface area contributed by atoms with Crippen LogP contribution >= 0.6 is 0 Å². The lowest BCUT2D eigenvalue weighted by molar-refractivity contribution is 0.177. The SMILES string of the molecule is CNCC1(CN(C)CCc2ccncc2)CCCC1. The molecule has 106 valence electrons. The van der Waals surface area contributed by atoms with Gasteiger partial charge in [0.25, 0.3) is 0 Å². The first-order valence-corrected chi connectivity index (χ1v) is 7.46. The summed E-state index contributed by atoms with van der Waals surface area (Å²) in [7, 11) is 4.34. The third-order valence-corrected chi connectivity index (χ3v) is 4.35. The molecule has 0 radical (unpaired) electrons. The molecule has 1 aromatic rings. The molecule has 1 aliphatic carbocycles. The molecule has 0 aromatic carbocycles. The van der Waals surface area contributed by atoms with Crippen LogP contribution in [0, 0.1) is 5.41 Å². The van der Waals surface area contributed by atoms with Crippen LogP contribution in [0.4, 0.5) is 0 Å². The maximum absolute atomic E-state index is 4.07. The van der Waals surface area contributed by atoms with E-state index in [2.05, 4.69) is 41.4 Å². The molecule has 2 rings (SSSR count). The monoisotopic (exact) mass is 261 g/mol. The molecule has 3 nitrogen and oxygen atoms in total. The lowest BCUT2D eigenvalue weighted by Gasteiger charge is -2.33. The fraction of sp³-hybridized carbons (Fsp3) is 0.688. The van der Waals surface area contributed by atoms with E-state index in [1.54, 1.807) is 0 Å². The number of hydrogen-bond acceptors (Lipinski definition) is 3. The van der Waals surface area contributed by atoms with E-state index in [4.69, 9.17) is 0 Å². The molecule has 0 bridgehead atoms. The van der Waals surface area contributed by atoms with Crippen LogP contribution in [0.2, 0.25) is 0 Å². The Hall–Kier alpha value is -0.930. The van der Waals surface area contributed by atoms with Crippen LogP contribution in [0.15, 0.2) is 24.5 Å². The largest absolute Gasteiger partial charge is 0.319 e. The Bertz CT molecular complexity index is 358. The van der Waals surface area contributed by atoms with E-state index < -0.39 is 0 Å². The van der Waals surface area contributed by atoms with Crippen LogP contribution < -0.4 is 5.32 Å². The van der Waals surface area contributed by atoms with Gasteiger partial charge in [0.15, 0.2) is 0 Å². The predicted octanol–water partition coefficient (Wildman–Crippen LogP) is 2.34. The number of nitrogens with one attached hydrogen (secondary N) is 1. The topological polar surface area (TPSA) is 28.2 Å². The summed E-state index contributed by atoms with van der Waals surface area (Å²) >= 11 is 0. The number of hydrogen-bond donors (Lipinski definition) is 1. The molecule has 0 aliphatic heterocycles. The minimum Gasteiger partial charge on any atom is -0.319 e. The van der Waals surface area contributed by atoms with Crippen molar-refractivity contribution in [2.24, 2.45) is 5.41 Å². The Morgan fingerprint density at radius 1 is 1.26 bits per heavy atom. The molecule has 0 atom stereocenters. The van der Waals surface area contributed by atoms with E-state index >= 15 is 0 Å². The molecule has 0 spiro atoms. The van der Waals surface area contributed by atoms with Gasteiger partial charge in [-0.25, -0.2) is 0 Å². The van der Waals surface area contributed by atoms with Crippen LogP contribution in [0.5, 0.6) is 0 Å². The van der Waals surface area contributed by atoms with Crippen LogP contribution in [0.1, 0.15) is 31.2 Å². The third kappa shape index (κ3) is 4.29. The summed E-state index contributed by atoms with van der Waals surface area (Å²) in [5, 5.41) is 3.39. The van der Waals surface area contributed by atoms with Gasteiger partial charge < -0.3 is 10.2 Å². The Morgan fingerprint density at radius 2 is 1.95 bits per heavy atom. The van der Waals surface area contributed by atoms with Gasteiger partial charge in [-0.15, -0.1) is 0 Å². The van der Waals surface area contributed by atoms with Crippen molar-refractivity contribution in [1.82, 2.24) is 15.2 Å². The summed E-state index contributed by atoms with van der Waals surface area (Å²) in [6, 6.07) is 4.24. The first-order chi connectivity index (χ1) is 9.24. The van der Waals surface area contributed by atoms with Gasteiger partial charge in [0, 0.05) is 32.0 Å². The molecule has 1 N–H and O–H groups in total. The molecule has 0 unspecified atom stereocenters. The highest BCUT2D eigenvalue weighted by molar-refractivity contribution is 5.09. The Morgan fingerprint density at radius 3 is 2.58 bits per heavy atom. The Labute approximate surface area is 117 Å². The van der Waals surface area contributed by atoms with Gasteiger partial charge >= 0.3 is 0 Å². The van der Waals surface area contributed by atoms with E-state index in [9.17, 15) is 0 Å². The Kier molecular flexibility index (Phi) is 5.34. The molecular weight excluding hydrogens is 234 g/mol. The maximum atomic E-state index is 4.07. The lowest BCUT2D eigenvalue weighted by Crippen LogP contribution is -2.41. The summed E-state index contributed by atoms with van der Waals surface area (Å²) in [6.45, 7) is 3.51. The smallest absolute Gasteiger partial charge is 0.0270 e. The summed E-state index contributed by atoms with van der Waals surface area (Å²) in [4.78, 5) is 6.57. The lowest BCUT2D eigenvalue weighted by atomic mass is 9.85. The quantitative estimate of drug-likeness (QED) is 0.816. The van der Waals surface area contributed by atoms with E-state index in [0.717, 1.165) is 19.5 Å². The van der Waals surface area contributed by atoms with Crippen molar-refractivity contribution in [3.63, 3.8) is 0 Å². The maximum Gasteiger partial charge on any atom is 0.0270 e. The molecular formula is C16H27N3. The zero-order chi connectivity index (χ0) is 13.6.